The smallest absolute Gasteiger partial charge is 0.131 e. The maximum Gasteiger partial charge on any atom is 0.131 e. The van der Waals surface area contributed by atoms with Crippen LogP contribution < -0.4 is 5.73 Å². The van der Waals surface area contributed by atoms with Gasteiger partial charge >= 0.3 is 0 Å². The molecule has 2 nitrogen and oxygen atoms in total. The summed E-state index contributed by atoms with van der Waals surface area (Å²) >= 11 is 0. The van der Waals surface area contributed by atoms with Crippen molar-refractivity contribution in [3.05, 3.63) is 29.6 Å². The second-order valence-corrected chi connectivity index (χ2v) is 3.62. The van der Waals surface area contributed by atoms with Gasteiger partial charge in [0.05, 0.1) is 0 Å². The molecule has 0 fully saturated rings. The zero-order chi connectivity index (χ0) is 10.7. The van der Waals surface area contributed by atoms with Crippen LogP contribution >= 0.6 is 0 Å². The fourth-order valence-electron chi connectivity index (χ4n) is 1.35. The molecule has 0 aromatic heterocycles. The zero-order valence-electron chi connectivity index (χ0n) is 8.50. The Kier molecular flexibility index (Phi) is 3.47. The van der Waals surface area contributed by atoms with Crippen molar-refractivity contribution >= 4 is 0 Å². The van der Waals surface area contributed by atoms with Crippen molar-refractivity contribution in [2.75, 3.05) is 0 Å². The minimum atomic E-state index is -0.433. The van der Waals surface area contributed by atoms with Gasteiger partial charge in [0.1, 0.15) is 11.6 Å². The number of nitrogens with two attached hydrogens (primary N) is 1. The van der Waals surface area contributed by atoms with Crippen LogP contribution in [0.3, 0.4) is 0 Å². The third-order valence-electron chi connectivity index (χ3n) is 2.60. The summed E-state index contributed by atoms with van der Waals surface area (Å²) in [6.45, 7) is 4.00. The number of phenolic OH excluding ortho intramolecular Hbond substituents is 1. The summed E-state index contributed by atoms with van der Waals surface area (Å²) in [5.41, 5.74) is 6.35. The highest BCUT2D eigenvalue weighted by molar-refractivity contribution is 5.29. The first-order valence-corrected chi connectivity index (χ1v) is 4.80. The average Bonchev–Trinajstić information content (AvgIpc) is 2.15. The molecule has 3 heteroatoms. The lowest BCUT2D eigenvalue weighted by Crippen LogP contribution is -2.19. The second-order valence-electron chi connectivity index (χ2n) is 3.62. The van der Waals surface area contributed by atoms with E-state index in [2.05, 4.69) is 0 Å². The Hall–Kier alpha value is -1.09. The highest BCUT2D eigenvalue weighted by Crippen LogP contribution is 2.26. The number of phenols is 1. The molecule has 0 bridgehead atoms. The van der Waals surface area contributed by atoms with Gasteiger partial charge in [0.25, 0.3) is 0 Å². The van der Waals surface area contributed by atoms with E-state index in [0.29, 0.717) is 5.56 Å². The van der Waals surface area contributed by atoms with Crippen LogP contribution in [-0.4, -0.2) is 5.11 Å². The molecule has 1 aromatic carbocycles. The minimum Gasteiger partial charge on any atom is -0.508 e. The van der Waals surface area contributed by atoms with E-state index in [1.165, 1.54) is 6.07 Å². The summed E-state index contributed by atoms with van der Waals surface area (Å²) in [6, 6.07) is 3.79. The summed E-state index contributed by atoms with van der Waals surface area (Å²) in [7, 11) is 0. The van der Waals surface area contributed by atoms with Crippen molar-refractivity contribution in [1.82, 2.24) is 0 Å². The molecule has 0 saturated carbocycles. The highest BCUT2D eigenvalue weighted by atomic mass is 19.1. The molecule has 0 aliphatic heterocycles. The van der Waals surface area contributed by atoms with E-state index in [4.69, 9.17) is 10.8 Å². The third-order valence-corrected chi connectivity index (χ3v) is 2.60. The number of hydrogen-bond donors (Lipinski definition) is 2. The Bertz CT molecular complexity index is 314. The molecule has 2 atom stereocenters. The van der Waals surface area contributed by atoms with E-state index in [1.54, 1.807) is 6.07 Å². The van der Waals surface area contributed by atoms with Crippen LogP contribution in [0.4, 0.5) is 4.39 Å². The predicted molar refractivity (Wildman–Crippen MR) is 54.4 cm³/mol. The molecule has 1 aromatic rings. The van der Waals surface area contributed by atoms with Crippen molar-refractivity contribution in [3.63, 3.8) is 0 Å². The molecule has 1 rings (SSSR count). The van der Waals surface area contributed by atoms with Gasteiger partial charge in [-0.25, -0.2) is 4.39 Å². The molecular formula is C11H16FNO. The second kappa shape index (κ2) is 4.42. The van der Waals surface area contributed by atoms with Crippen LogP contribution in [-0.2, 0) is 0 Å². The Morgan fingerprint density at radius 3 is 2.64 bits per heavy atom. The Labute approximate surface area is 83.6 Å². The van der Waals surface area contributed by atoms with Crippen LogP contribution in [0, 0.1) is 11.7 Å². The van der Waals surface area contributed by atoms with Gasteiger partial charge in [0.15, 0.2) is 0 Å². The topological polar surface area (TPSA) is 46.2 Å². The quantitative estimate of drug-likeness (QED) is 0.782. The maximum atomic E-state index is 13.4. The molecular weight excluding hydrogens is 181 g/mol. The summed E-state index contributed by atoms with van der Waals surface area (Å²) in [4.78, 5) is 0. The molecule has 0 spiro atoms. The predicted octanol–water partition coefficient (Wildman–Crippen LogP) is 2.58. The zero-order valence-corrected chi connectivity index (χ0v) is 8.50. The first kappa shape index (κ1) is 11.0. The van der Waals surface area contributed by atoms with Gasteiger partial charge in [-0.1, -0.05) is 26.3 Å². The van der Waals surface area contributed by atoms with Crippen molar-refractivity contribution in [1.29, 1.82) is 0 Å². The lowest BCUT2D eigenvalue weighted by atomic mass is 9.93. The number of aromatic hydroxyl groups is 1. The lowest BCUT2D eigenvalue weighted by molar-refractivity contribution is 0.432. The molecule has 1 unspecified atom stereocenters. The summed E-state index contributed by atoms with van der Waals surface area (Å²) in [5.74, 6) is -0.269. The molecule has 3 N–H and O–H groups in total. The Balaban J connectivity index is 2.95. The largest absolute Gasteiger partial charge is 0.508 e. The molecule has 14 heavy (non-hydrogen) atoms. The van der Waals surface area contributed by atoms with Crippen LogP contribution in [0.15, 0.2) is 18.2 Å². The van der Waals surface area contributed by atoms with Crippen LogP contribution in [0.2, 0.25) is 0 Å². The fourth-order valence-corrected chi connectivity index (χ4v) is 1.35. The van der Waals surface area contributed by atoms with Gasteiger partial charge in [0.2, 0.25) is 0 Å². The Morgan fingerprint density at radius 1 is 1.50 bits per heavy atom. The van der Waals surface area contributed by atoms with E-state index in [0.717, 1.165) is 12.5 Å². The molecule has 0 aliphatic carbocycles. The van der Waals surface area contributed by atoms with Crippen LogP contribution in [0.1, 0.15) is 31.9 Å². The molecule has 0 radical (unpaired) electrons. The summed E-state index contributed by atoms with van der Waals surface area (Å²) < 4.78 is 13.4. The monoisotopic (exact) mass is 197 g/mol. The average molecular weight is 197 g/mol. The van der Waals surface area contributed by atoms with E-state index in [1.807, 2.05) is 13.8 Å². The number of rotatable bonds is 3. The fraction of sp³-hybridized carbons (Fsp3) is 0.455. The van der Waals surface area contributed by atoms with Crippen LogP contribution in [0.5, 0.6) is 5.75 Å². The van der Waals surface area contributed by atoms with Crippen molar-refractivity contribution in [2.24, 2.45) is 11.7 Å². The standard InChI is InChI=1S/C11H16FNO/c1-3-7(2)11(13)9-5-4-8(14)6-10(9)12/h4-7,11,14H,3,13H2,1-2H3/t7?,11-/m1/s1. The Morgan fingerprint density at radius 2 is 2.14 bits per heavy atom. The SMILES string of the molecule is CCC(C)[C@@H](N)c1ccc(O)cc1F. The van der Waals surface area contributed by atoms with Gasteiger partial charge in [-0.05, 0) is 12.0 Å². The van der Waals surface area contributed by atoms with E-state index >= 15 is 0 Å². The minimum absolute atomic E-state index is 0.0670. The van der Waals surface area contributed by atoms with Gasteiger partial charge in [-0.2, -0.15) is 0 Å². The molecule has 0 aliphatic rings. The van der Waals surface area contributed by atoms with Crippen molar-refractivity contribution in [3.8, 4) is 5.75 Å². The normalized spacial score (nSPS) is 15.1. The van der Waals surface area contributed by atoms with Gasteiger partial charge in [-0.3, -0.25) is 0 Å². The van der Waals surface area contributed by atoms with E-state index in [9.17, 15) is 4.39 Å². The van der Waals surface area contributed by atoms with Crippen molar-refractivity contribution < 1.29 is 9.50 Å². The van der Waals surface area contributed by atoms with E-state index in [-0.39, 0.29) is 17.7 Å². The van der Waals surface area contributed by atoms with E-state index < -0.39 is 5.82 Å². The van der Waals surface area contributed by atoms with Gasteiger partial charge in [-0.15, -0.1) is 0 Å². The lowest BCUT2D eigenvalue weighted by Gasteiger charge is -2.19. The number of hydrogen-bond acceptors (Lipinski definition) is 2. The first-order chi connectivity index (χ1) is 6.56. The summed E-state index contributed by atoms with van der Waals surface area (Å²) in [6.07, 6.45) is 0.904. The number of benzene rings is 1. The first-order valence-electron chi connectivity index (χ1n) is 4.80. The van der Waals surface area contributed by atoms with Gasteiger partial charge < -0.3 is 10.8 Å². The highest BCUT2D eigenvalue weighted by Gasteiger charge is 2.16. The molecule has 0 heterocycles. The number of halogens is 1. The maximum absolute atomic E-state index is 13.4. The van der Waals surface area contributed by atoms with Crippen LogP contribution in [0.25, 0.3) is 0 Å². The molecule has 0 saturated heterocycles. The van der Waals surface area contributed by atoms with Gasteiger partial charge in [0, 0.05) is 17.7 Å². The summed E-state index contributed by atoms with van der Waals surface area (Å²) in [5, 5.41) is 9.03. The van der Waals surface area contributed by atoms with Crippen molar-refractivity contribution in [2.45, 2.75) is 26.3 Å². The molecule has 78 valence electrons. The molecule has 0 amide bonds. The third kappa shape index (κ3) is 2.23.